The van der Waals surface area contributed by atoms with Crippen molar-refractivity contribution in [1.29, 1.82) is 0 Å². The number of rotatable bonds is 6. The Morgan fingerprint density at radius 3 is 2.24 bits per heavy atom. The quantitative estimate of drug-likeness (QED) is 0.545. The van der Waals surface area contributed by atoms with Gasteiger partial charge in [-0.1, -0.05) is 37.8 Å². The van der Waals surface area contributed by atoms with Crippen LogP contribution >= 0.6 is 0 Å². The summed E-state index contributed by atoms with van der Waals surface area (Å²) in [4.78, 5) is 40.0. The minimum Gasteiger partial charge on any atom is -0.465 e. The number of benzene rings is 1. The second kappa shape index (κ2) is 10.2. The Labute approximate surface area is 172 Å². The van der Waals surface area contributed by atoms with E-state index in [9.17, 15) is 14.4 Å². The standard InChI is InChI=1S/C23H30N2O4/c1-29-23(28)20-10-6-19(7-11-20)9-13-22(27)25-16-14-24(15-17-25)21(26)12-8-18-4-2-3-5-18/h6-7,9-11,13,18H,2-5,8,12,14-17H2,1H3/b13-9+. The van der Waals surface area contributed by atoms with Crippen molar-refractivity contribution in [2.45, 2.75) is 38.5 Å². The maximum Gasteiger partial charge on any atom is 0.337 e. The number of esters is 1. The maximum absolute atomic E-state index is 12.4. The molecule has 0 N–H and O–H groups in total. The Kier molecular flexibility index (Phi) is 7.44. The number of carbonyl (C=O) groups is 3. The largest absolute Gasteiger partial charge is 0.465 e. The fourth-order valence-corrected chi connectivity index (χ4v) is 4.08. The third kappa shape index (κ3) is 5.92. The van der Waals surface area contributed by atoms with E-state index in [0.29, 0.717) is 38.2 Å². The van der Waals surface area contributed by atoms with E-state index in [1.165, 1.54) is 32.8 Å². The van der Waals surface area contributed by atoms with E-state index in [1.807, 2.05) is 4.90 Å². The van der Waals surface area contributed by atoms with Crippen molar-refractivity contribution < 1.29 is 19.1 Å². The zero-order valence-electron chi connectivity index (χ0n) is 17.1. The van der Waals surface area contributed by atoms with Gasteiger partial charge in [-0.2, -0.15) is 0 Å². The lowest BCUT2D eigenvalue weighted by atomic mass is 10.0. The number of piperazine rings is 1. The van der Waals surface area contributed by atoms with Gasteiger partial charge in [0.1, 0.15) is 0 Å². The van der Waals surface area contributed by atoms with E-state index >= 15 is 0 Å². The molecule has 1 saturated heterocycles. The lowest BCUT2D eigenvalue weighted by Crippen LogP contribution is -2.50. The Balaban J connectivity index is 1.42. The number of carbonyl (C=O) groups excluding carboxylic acids is 3. The summed E-state index contributed by atoms with van der Waals surface area (Å²) in [7, 11) is 1.35. The van der Waals surface area contributed by atoms with Crippen LogP contribution in [0.25, 0.3) is 6.08 Å². The molecule has 1 aromatic carbocycles. The van der Waals surface area contributed by atoms with Crippen molar-refractivity contribution in [1.82, 2.24) is 9.80 Å². The molecule has 6 nitrogen and oxygen atoms in total. The second-order valence-corrected chi connectivity index (χ2v) is 7.84. The summed E-state index contributed by atoms with van der Waals surface area (Å²) in [6, 6.07) is 6.89. The van der Waals surface area contributed by atoms with Crippen LogP contribution < -0.4 is 0 Å². The van der Waals surface area contributed by atoms with Gasteiger partial charge in [0.05, 0.1) is 12.7 Å². The van der Waals surface area contributed by atoms with Crippen molar-refractivity contribution in [3.05, 3.63) is 41.5 Å². The van der Waals surface area contributed by atoms with Gasteiger partial charge in [-0.05, 0) is 36.1 Å². The summed E-state index contributed by atoms with van der Waals surface area (Å²) in [5, 5.41) is 0. The van der Waals surface area contributed by atoms with Gasteiger partial charge >= 0.3 is 5.97 Å². The van der Waals surface area contributed by atoms with Gasteiger partial charge in [0.15, 0.2) is 0 Å². The van der Waals surface area contributed by atoms with Gasteiger partial charge in [-0.3, -0.25) is 9.59 Å². The zero-order chi connectivity index (χ0) is 20.6. The molecule has 0 atom stereocenters. The van der Waals surface area contributed by atoms with Crippen LogP contribution in [0.1, 0.15) is 54.4 Å². The molecule has 1 aromatic rings. The van der Waals surface area contributed by atoms with E-state index in [0.717, 1.165) is 17.9 Å². The first kappa shape index (κ1) is 21.1. The van der Waals surface area contributed by atoms with E-state index in [1.54, 1.807) is 41.3 Å². The average molecular weight is 399 g/mol. The van der Waals surface area contributed by atoms with Crippen molar-refractivity contribution in [3.8, 4) is 0 Å². The minimum absolute atomic E-state index is 0.0555. The molecule has 0 unspecified atom stereocenters. The fraction of sp³-hybridized carbons (Fsp3) is 0.522. The highest BCUT2D eigenvalue weighted by atomic mass is 16.5. The van der Waals surface area contributed by atoms with Crippen molar-refractivity contribution in [3.63, 3.8) is 0 Å². The molecule has 2 aliphatic rings. The van der Waals surface area contributed by atoms with Gasteiger partial charge in [0, 0.05) is 38.7 Å². The fourth-order valence-electron chi connectivity index (χ4n) is 4.08. The second-order valence-electron chi connectivity index (χ2n) is 7.84. The van der Waals surface area contributed by atoms with E-state index in [4.69, 9.17) is 0 Å². The molecular formula is C23H30N2O4. The lowest BCUT2D eigenvalue weighted by molar-refractivity contribution is -0.137. The lowest BCUT2D eigenvalue weighted by Gasteiger charge is -2.34. The monoisotopic (exact) mass is 398 g/mol. The van der Waals surface area contributed by atoms with Crippen LogP contribution in [0.4, 0.5) is 0 Å². The molecule has 1 aliphatic carbocycles. The normalized spacial score (nSPS) is 17.7. The number of methoxy groups -OCH3 is 1. The molecule has 6 heteroatoms. The minimum atomic E-state index is -0.382. The SMILES string of the molecule is COC(=O)c1ccc(/C=C/C(=O)N2CCN(C(=O)CCC3CCCC3)CC2)cc1. The molecule has 2 fully saturated rings. The van der Waals surface area contributed by atoms with Crippen molar-refractivity contribution in [2.75, 3.05) is 33.3 Å². The first-order valence-corrected chi connectivity index (χ1v) is 10.5. The molecule has 0 spiro atoms. The molecule has 1 heterocycles. The Hall–Kier alpha value is -2.63. The zero-order valence-corrected chi connectivity index (χ0v) is 17.1. The molecule has 0 radical (unpaired) electrons. The number of ether oxygens (including phenoxy) is 1. The summed E-state index contributed by atoms with van der Waals surface area (Å²) in [5.74, 6) is 0.520. The third-order valence-electron chi connectivity index (χ3n) is 5.94. The van der Waals surface area contributed by atoms with Crippen LogP contribution in [0.5, 0.6) is 0 Å². The van der Waals surface area contributed by atoms with Crippen molar-refractivity contribution in [2.24, 2.45) is 5.92 Å². The summed E-state index contributed by atoms with van der Waals surface area (Å²) < 4.78 is 4.67. The maximum atomic E-state index is 12.4. The third-order valence-corrected chi connectivity index (χ3v) is 5.94. The molecule has 3 rings (SSSR count). The van der Waals surface area contributed by atoms with E-state index in [-0.39, 0.29) is 17.8 Å². The number of nitrogens with zero attached hydrogens (tertiary/aromatic N) is 2. The predicted molar refractivity (Wildman–Crippen MR) is 111 cm³/mol. The number of hydrogen-bond acceptors (Lipinski definition) is 4. The molecule has 0 bridgehead atoms. The smallest absolute Gasteiger partial charge is 0.337 e. The highest BCUT2D eigenvalue weighted by molar-refractivity contribution is 5.92. The molecule has 1 saturated carbocycles. The van der Waals surface area contributed by atoms with Crippen molar-refractivity contribution >= 4 is 23.9 Å². The highest BCUT2D eigenvalue weighted by Gasteiger charge is 2.24. The summed E-state index contributed by atoms with van der Waals surface area (Å²) >= 11 is 0. The molecule has 2 amide bonds. The predicted octanol–water partition coefficient (Wildman–Crippen LogP) is 3.13. The van der Waals surface area contributed by atoms with Gasteiger partial charge in [-0.25, -0.2) is 4.79 Å². The van der Waals surface area contributed by atoms with Crippen LogP contribution in [0.3, 0.4) is 0 Å². The first-order chi connectivity index (χ1) is 14.1. The number of hydrogen-bond donors (Lipinski definition) is 0. The van der Waals surface area contributed by atoms with E-state index < -0.39 is 0 Å². The Morgan fingerprint density at radius 1 is 1.00 bits per heavy atom. The highest BCUT2D eigenvalue weighted by Crippen LogP contribution is 2.28. The van der Waals surface area contributed by atoms with Crippen LogP contribution in [0.15, 0.2) is 30.3 Å². The number of amides is 2. The topological polar surface area (TPSA) is 66.9 Å². The molecular weight excluding hydrogens is 368 g/mol. The molecule has 29 heavy (non-hydrogen) atoms. The first-order valence-electron chi connectivity index (χ1n) is 10.5. The van der Waals surface area contributed by atoms with Gasteiger partial charge < -0.3 is 14.5 Å². The molecule has 156 valence electrons. The summed E-state index contributed by atoms with van der Waals surface area (Å²) in [5.41, 5.74) is 1.32. The molecule has 1 aliphatic heterocycles. The Morgan fingerprint density at radius 2 is 1.62 bits per heavy atom. The average Bonchev–Trinajstić information content (AvgIpc) is 3.29. The van der Waals surface area contributed by atoms with E-state index in [2.05, 4.69) is 4.74 Å². The van der Waals surface area contributed by atoms with Gasteiger partial charge in [0.2, 0.25) is 11.8 Å². The summed E-state index contributed by atoms with van der Waals surface area (Å²) in [6.07, 6.45) is 10.1. The van der Waals surface area contributed by atoms with Crippen LogP contribution in [-0.4, -0.2) is 60.9 Å². The van der Waals surface area contributed by atoms with Gasteiger partial charge in [0.25, 0.3) is 0 Å². The molecule has 0 aromatic heterocycles. The van der Waals surface area contributed by atoms with Crippen LogP contribution in [0.2, 0.25) is 0 Å². The summed E-state index contributed by atoms with van der Waals surface area (Å²) in [6.45, 7) is 2.35. The van der Waals surface area contributed by atoms with Crippen LogP contribution in [0, 0.1) is 5.92 Å². The Bertz CT molecular complexity index is 743. The van der Waals surface area contributed by atoms with Crippen LogP contribution in [-0.2, 0) is 14.3 Å². The van der Waals surface area contributed by atoms with Gasteiger partial charge in [-0.15, -0.1) is 0 Å².